The fourth-order valence-corrected chi connectivity index (χ4v) is 3.82. The Kier molecular flexibility index (Phi) is 6.48. The Hall–Kier alpha value is -4.49. The van der Waals surface area contributed by atoms with Crippen molar-refractivity contribution in [1.29, 1.82) is 0 Å². The number of hydrogen-bond donors (Lipinski definition) is 0. The van der Waals surface area contributed by atoms with Crippen LogP contribution in [0.3, 0.4) is 0 Å². The Morgan fingerprint density at radius 1 is 0.744 bits per heavy atom. The molecule has 39 heavy (non-hydrogen) atoms. The molecule has 14 heteroatoms. The highest BCUT2D eigenvalue weighted by Crippen LogP contribution is 2.40. The van der Waals surface area contributed by atoms with Gasteiger partial charge in [0, 0.05) is 18.5 Å². The van der Waals surface area contributed by atoms with Gasteiger partial charge in [-0.15, -0.1) is 0 Å². The van der Waals surface area contributed by atoms with E-state index in [1.807, 2.05) is 0 Å². The minimum atomic E-state index is -5.04. The normalized spacial score (nSPS) is 12.3. The van der Waals surface area contributed by atoms with Crippen molar-refractivity contribution in [3.05, 3.63) is 89.4 Å². The van der Waals surface area contributed by atoms with Crippen molar-refractivity contribution < 1.29 is 35.1 Å². The van der Waals surface area contributed by atoms with Gasteiger partial charge in [0.2, 0.25) is 0 Å². The number of aromatic nitrogens is 6. The molecular formula is C25H14F8N6. The van der Waals surface area contributed by atoms with Crippen LogP contribution >= 0.6 is 0 Å². The largest absolute Gasteiger partial charge is 0.417 e. The minimum Gasteiger partial charge on any atom is -0.270 e. The average molecular weight is 550 g/mol. The van der Waals surface area contributed by atoms with Gasteiger partial charge in [-0.2, -0.15) is 41.6 Å². The highest BCUT2D eigenvalue weighted by Gasteiger charge is 2.38. The molecule has 2 aliphatic heterocycles. The summed E-state index contributed by atoms with van der Waals surface area (Å²) in [5.41, 5.74) is -2.67. The van der Waals surface area contributed by atoms with Crippen LogP contribution in [0.1, 0.15) is 16.8 Å². The SMILES string of the molecule is Fc1cccc(-c2nc3cnn(CCc4ccc(-c5ccc(C(F)(F)F)cc5C(F)(F)F)nn4)cc-3n2)c1F. The first-order valence-corrected chi connectivity index (χ1v) is 11.2. The monoisotopic (exact) mass is 550 g/mol. The summed E-state index contributed by atoms with van der Waals surface area (Å²) in [4.78, 5) is 8.39. The molecule has 6 nitrogen and oxygen atoms in total. The molecule has 200 valence electrons. The molecule has 0 amide bonds. The second-order valence-electron chi connectivity index (χ2n) is 8.37. The van der Waals surface area contributed by atoms with E-state index in [0.29, 0.717) is 23.1 Å². The zero-order valence-electron chi connectivity index (χ0n) is 19.4. The van der Waals surface area contributed by atoms with E-state index in [9.17, 15) is 35.1 Å². The van der Waals surface area contributed by atoms with Crippen LogP contribution in [-0.4, -0.2) is 29.9 Å². The molecule has 0 fully saturated rings. The molecule has 0 atom stereocenters. The van der Waals surface area contributed by atoms with Crippen LogP contribution in [0.25, 0.3) is 34.0 Å². The topological polar surface area (TPSA) is 69.4 Å². The zero-order chi connectivity index (χ0) is 27.9. The van der Waals surface area contributed by atoms with E-state index in [-0.39, 0.29) is 36.1 Å². The van der Waals surface area contributed by atoms with Gasteiger partial charge < -0.3 is 0 Å². The Morgan fingerprint density at radius 2 is 1.51 bits per heavy atom. The van der Waals surface area contributed by atoms with E-state index in [1.165, 1.54) is 41.3 Å². The number of fused-ring (bicyclic) bond motifs is 1. The first kappa shape index (κ1) is 26.1. The van der Waals surface area contributed by atoms with Crippen LogP contribution in [0.15, 0.2) is 60.9 Å². The lowest BCUT2D eigenvalue weighted by Crippen LogP contribution is -2.12. The maximum Gasteiger partial charge on any atom is 0.417 e. The lowest BCUT2D eigenvalue weighted by Gasteiger charge is -2.15. The number of aryl methyl sites for hydroxylation is 2. The summed E-state index contributed by atoms with van der Waals surface area (Å²) in [5.74, 6) is -2.12. The Morgan fingerprint density at radius 3 is 2.21 bits per heavy atom. The van der Waals surface area contributed by atoms with Crippen LogP contribution < -0.4 is 0 Å². The van der Waals surface area contributed by atoms with E-state index < -0.39 is 40.7 Å². The van der Waals surface area contributed by atoms with Gasteiger partial charge in [-0.05, 0) is 36.4 Å². The standard InChI is InChI=1S/C25H14F8N6/c26-18-3-1-2-16(22(18)27)23-35-20-11-34-39(12-21(20)36-23)9-8-14-5-7-19(38-37-14)15-6-4-13(24(28,29)30)10-17(15)25(31,32)33/h1-7,10-12H,8-9H2. The second kappa shape index (κ2) is 9.67. The smallest absolute Gasteiger partial charge is 0.270 e. The average Bonchev–Trinajstić information content (AvgIpc) is 3.31. The Labute approximate surface area is 214 Å². The summed E-state index contributed by atoms with van der Waals surface area (Å²) < 4.78 is 108. The number of alkyl halides is 6. The highest BCUT2D eigenvalue weighted by atomic mass is 19.4. The third-order valence-electron chi connectivity index (χ3n) is 5.75. The molecule has 0 spiro atoms. The van der Waals surface area contributed by atoms with E-state index >= 15 is 0 Å². The van der Waals surface area contributed by atoms with Crippen LogP contribution in [0.5, 0.6) is 0 Å². The molecule has 3 aromatic rings. The second-order valence-corrected chi connectivity index (χ2v) is 8.37. The third kappa shape index (κ3) is 5.40. The Balaban J connectivity index is 1.33. The molecule has 0 saturated heterocycles. The number of hydrogen-bond acceptors (Lipinski definition) is 5. The van der Waals surface area contributed by atoms with Crippen molar-refractivity contribution >= 4 is 0 Å². The highest BCUT2D eigenvalue weighted by molar-refractivity contribution is 5.66. The maximum atomic E-state index is 14.1. The number of halogens is 8. The molecular weight excluding hydrogens is 536 g/mol. The van der Waals surface area contributed by atoms with Gasteiger partial charge in [0.15, 0.2) is 17.5 Å². The van der Waals surface area contributed by atoms with Crippen LogP contribution in [-0.2, 0) is 25.3 Å². The van der Waals surface area contributed by atoms with Crippen molar-refractivity contribution in [2.24, 2.45) is 0 Å². The number of nitrogens with zero attached hydrogens (tertiary/aromatic N) is 6. The molecule has 0 unspecified atom stereocenters. The fourth-order valence-electron chi connectivity index (χ4n) is 3.82. The van der Waals surface area contributed by atoms with Crippen molar-refractivity contribution in [2.45, 2.75) is 25.3 Å². The molecule has 0 radical (unpaired) electrons. The van der Waals surface area contributed by atoms with Crippen molar-refractivity contribution in [3.8, 4) is 34.0 Å². The van der Waals surface area contributed by atoms with Gasteiger partial charge in [-0.3, -0.25) is 4.68 Å². The lowest BCUT2D eigenvalue weighted by atomic mass is 10.00. The molecule has 0 N–H and O–H groups in total. The maximum absolute atomic E-state index is 14.1. The summed E-state index contributed by atoms with van der Waals surface area (Å²) in [6.45, 7) is 0.245. The van der Waals surface area contributed by atoms with Gasteiger partial charge in [0.05, 0.1) is 40.5 Å². The lowest BCUT2D eigenvalue weighted by molar-refractivity contribution is -0.142. The molecule has 0 saturated carbocycles. The quantitative estimate of drug-likeness (QED) is 0.235. The molecule has 5 rings (SSSR count). The summed E-state index contributed by atoms with van der Waals surface area (Å²) in [6.07, 6.45) is -6.81. The van der Waals surface area contributed by atoms with E-state index in [1.54, 1.807) is 0 Å². The van der Waals surface area contributed by atoms with E-state index in [4.69, 9.17) is 0 Å². The molecule has 3 heterocycles. The van der Waals surface area contributed by atoms with Gasteiger partial charge >= 0.3 is 12.4 Å². The molecule has 2 aliphatic rings. The minimum absolute atomic E-state index is 0.00972. The Bertz CT molecular complexity index is 1610. The first-order chi connectivity index (χ1) is 18.4. The van der Waals surface area contributed by atoms with Gasteiger partial charge in [0.1, 0.15) is 11.4 Å². The van der Waals surface area contributed by atoms with Crippen LogP contribution in [0.4, 0.5) is 35.1 Å². The summed E-state index contributed by atoms with van der Waals surface area (Å²) in [7, 11) is 0. The predicted octanol–water partition coefficient (Wildman–Crippen LogP) is 6.46. The number of rotatable bonds is 5. The number of imidazole rings is 1. The van der Waals surface area contributed by atoms with E-state index in [2.05, 4.69) is 25.3 Å². The molecule has 2 aromatic carbocycles. The van der Waals surface area contributed by atoms with Gasteiger partial charge in [-0.1, -0.05) is 12.1 Å². The first-order valence-electron chi connectivity index (χ1n) is 11.2. The molecule has 1 aromatic heterocycles. The predicted molar refractivity (Wildman–Crippen MR) is 121 cm³/mol. The third-order valence-corrected chi connectivity index (χ3v) is 5.75. The molecule has 0 bridgehead atoms. The van der Waals surface area contributed by atoms with Gasteiger partial charge in [0.25, 0.3) is 0 Å². The van der Waals surface area contributed by atoms with Crippen molar-refractivity contribution in [2.75, 3.05) is 0 Å². The fraction of sp³-hybridized carbons (Fsp3) is 0.160. The summed E-state index contributed by atoms with van der Waals surface area (Å²) in [5, 5.41) is 11.9. The van der Waals surface area contributed by atoms with Crippen molar-refractivity contribution in [3.63, 3.8) is 0 Å². The van der Waals surface area contributed by atoms with E-state index in [0.717, 1.165) is 12.1 Å². The van der Waals surface area contributed by atoms with Gasteiger partial charge in [-0.25, -0.2) is 18.7 Å². The van der Waals surface area contributed by atoms with Crippen LogP contribution in [0.2, 0.25) is 0 Å². The zero-order valence-corrected chi connectivity index (χ0v) is 19.4. The summed E-state index contributed by atoms with van der Waals surface area (Å²) in [6, 6.07) is 7.62. The molecule has 0 aliphatic carbocycles. The number of benzene rings is 2. The summed E-state index contributed by atoms with van der Waals surface area (Å²) >= 11 is 0. The van der Waals surface area contributed by atoms with Crippen molar-refractivity contribution in [1.82, 2.24) is 29.9 Å². The van der Waals surface area contributed by atoms with Crippen LogP contribution in [0, 0.1) is 11.6 Å².